The van der Waals surface area contributed by atoms with Gasteiger partial charge < -0.3 is 10.0 Å². The predicted molar refractivity (Wildman–Crippen MR) is 74.3 cm³/mol. The lowest BCUT2D eigenvalue weighted by molar-refractivity contribution is -0.147. The van der Waals surface area contributed by atoms with Gasteiger partial charge in [0.25, 0.3) is 5.91 Å². The van der Waals surface area contributed by atoms with Crippen molar-refractivity contribution in [3.8, 4) is 0 Å². The maximum Gasteiger partial charge on any atom is 0.329 e. The molecule has 1 aromatic rings. The Bertz CT molecular complexity index is 506. The van der Waals surface area contributed by atoms with Crippen LogP contribution in [0, 0.1) is 13.8 Å². The summed E-state index contributed by atoms with van der Waals surface area (Å²) in [6.07, 6.45) is 0. The van der Waals surface area contributed by atoms with Gasteiger partial charge in [0.05, 0.1) is 0 Å². The number of hydrogen-bond donors (Lipinski definition) is 1. The summed E-state index contributed by atoms with van der Waals surface area (Å²) in [7, 11) is 0. The normalized spacial score (nSPS) is 11.2. The second-order valence-corrected chi connectivity index (χ2v) is 5.21. The summed E-state index contributed by atoms with van der Waals surface area (Å²) in [5, 5.41) is 9.24. The molecule has 1 amide bonds. The van der Waals surface area contributed by atoms with E-state index in [1.165, 1.54) is 18.7 Å². The summed E-state index contributed by atoms with van der Waals surface area (Å²) < 4.78 is 0. The highest BCUT2D eigenvalue weighted by atomic mass is 16.4. The molecule has 0 aromatic heterocycles. The summed E-state index contributed by atoms with van der Waals surface area (Å²) in [5.74, 6) is -1.26. The molecule has 0 spiro atoms. The number of carbonyl (C=O) groups is 2. The van der Waals surface area contributed by atoms with Crippen molar-refractivity contribution in [3.05, 3.63) is 34.9 Å². The fraction of sp³-hybridized carbons (Fsp3) is 0.467. The second-order valence-electron chi connectivity index (χ2n) is 5.21. The van der Waals surface area contributed by atoms with Crippen LogP contribution in [0.15, 0.2) is 18.2 Å². The third-order valence-corrected chi connectivity index (χ3v) is 3.51. The van der Waals surface area contributed by atoms with E-state index in [-0.39, 0.29) is 5.91 Å². The molecule has 4 nitrogen and oxygen atoms in total. The molecule has 0 radical (unpaired) electrons. The highest BCUT2D eigenvalue weighted by Crippen LogP contribution is 2.19. The Morgan fingerprint density at radius 2 is 1.79 bits per heavy atom. The fourth-order valence-corrected chi connectivity index (χ4v) is 1.94. The second kappa shape index (κ2) is 5.43. The lowest BCUT2D eigenvalue weighted by Gasteiger charge is -2.34. The average molecular weight is 263 g/mol. The van der Waals surface area contributed by atoms with Gasteiger partial charge in [-0.1, -0.05) is 6.07 Å². The largest absolute Gasteiger partial charge is 0.480 e. The number of hydrogen-bond acceptors (Lipinski definition) is 2. The summed E-state index contributed by atoms with van der Waals surface area (Å²) in [6, 6.07) is 5.42. The molecule has 1 N–H and O–H groups in total. The van der Waals surface area contributed by atoms with Gasteiger partial charge >= 0.3 is 5.97 Å². The zero-order chi connectivity index (χ0) is 14.8. The summed E-state index contributed by atoms with van der Waals surface area (Å²) in [5.41, 5.74) is 1.44. The van der Waals surface area contributed by atoms with Gasteiger partial charge in [0.1, 0.15) is 5.54 Å². The smallest absolute Gasteiger partial charge is 0.329 e. The summed E-state index contributed by atoms with van der Waals surface area (Å²) in [4.78, 5) is 25.1. The van der Waals surface area contributed by atoms with Crippen molar-refractivity contribution in [3.63, 3.8) is 0 Å². The number of aliphatic carboxylic acids is 1. The maximum absolute atomic E-state index is 12.5. The molecule has 0 aliphatic carbocycles. The number of rotatable bonds is 4. The van der Waals surface area contributed by atoms with Crippen molar-refractivity contribution in [2.24, 2.45) is 0 Å². The first-order chi connectivity index (χ1) is 8.71. The Morgan fingerprint density at radius 3 is 2.21 bits per heavy atom. The van der Waals surface area contributed by atoms with Crippen LogP contribution in [0.5, 0.6) is 0 Å². The van der Waals surface area contributed by atoms with Crippen molar-refractivity contribution in [2.75, 3.05) is 6.54 Å². The molecule has 0 atom stereocenters. The van der Waals surface area contributed by atoms with Crippen LogP contribution in [-0.4, -0.2) is 34.0 Å². The lowest BCUT2D eigenvalue weighted by Crippen LogP contribution is -2.52. The van der Waals surface area contributed by atoms with E-state index >= 15 is 0 Å². The van der Waals surface area contributed by atoms with E-state index in [1.54, 1.807) is 19.1 Å². The van der Waals surface area contributed by atoms with Gasteiger partial charge in [0, 0.05) is 12.1 Å². The van der Waals surface area contributed by atoms with Gasteiger partial charge in [-0.05, 0) is 57.9 Å². The van der Waals surface area contributed by atoms with E-state index in [4.69, 9.17) is 0 Å². The first kappa shape index (κ1) is 15.2. The first-order valence-corrected chi connectivity index (χ1v) is 6.34. The van der Waals surface area contributed by atoms with Crippen molar-refractivity contribution < 1.29 is 14.7 Å². The van der Waals surface area contributed by atoms with Crippen molar-refractivity contribution in [1.29, 1.82) is 0 Å². The van der Waals surface area contributed by atoms with Gasteiger partial charge in [0.2, 0.25) is 0 Å². The standard InChI is InChI=1S/C15H21NO3/c1-6-16(15(4,5)14(18)19)13(17)12-8-7-10(2)11(3)9-12/h7-9H,6H2,1-5H3,(H,18,19). The number of benzene rings is 1. The maximum atomic E-state index is 12.5. The Balaban J connectivity index is 3.15. The summed E-state index contributed by atoms with van der Waals surface area (Å²) in [6.45, 7) is 9.12. The van der Waals surface area contributed by atoms with Crippen LogP contribution >= 0.6 is 0 Å². The van der Waals surface area contributed by atoms with E-state index in [0.29, 0.717) is 12.1 Å². The summed E-state index contributed by atoms with van der Waals surface area (Å²) >= 11 is 0. The van der Waals surface area contributed by atoms with E-state index in [2.05, 4.69) is 0 Å². The minimum Gasteiger partial charge on any atom is -0.480 e. The lowest BCUT2D eigenvalue weighted by atomic mass is 10.00. The van der Waals surface area contributed by atoms with Crippen LogP contribution in [0.2, 0.25) is 0 Å². The molecule has 0 aliphatic heterocycles. The fourth-order valence-electron chi connectivity index (χ4n) is 1.94. The minimum atomic E-state index is -1.22. The molecule has 104 valence electrons. The quantitative estimate of drug-likeness (QED) is 0.908. The van der Waals surface area contributed by atoms with Crippen molar-refractivity contribution in [1.82, 2.24) is 4.90 Å². The third kappa shape index (κ3) is 2.95. The van der Waals surface area contributed by atoms with Gasteiger partial charge in [-0.2, -0.15) is 0 Å². The van der Waals surface area contributed by atoms with Crippen LogP contribution in [-0.2, 0) is 4.79 Å². The average Bonchev–Trinajstić information content (AvgIpc) is 2.32. The Morgan fingerprint density at radius 1 is 1.21 bits per heavy atom. The molecule has 0 heterocycles. The molecular weight excluding hydrogens is 242 g/mol. The molecule has 0 saturated heterocycles. The molecule has 1 aromatic carbocycles. The van der Waals surface area contributed by atoms with Crippen LogP contribution in [0.3, 0.4) is 0 Å². The Hall–Kier alpha value is -1.84. The number of amides is 1. The predicted octanol–water partition coefficient (Wildman–Crippen LogP) is 2.63. The molecule has 0 saturated carbocycles. The van der Waals surface area contributed by atoms with Gasteiger partial charge in [0.15, 0.2) is 0 Å². The Kier molecular flexibility index (Phi) is 4.35. The number of carboxylic acid groups (broad SMARTS) is 1. The number of likely N-dealkylation sites (N-methyl/N-ethyl adjacent to an activating group) is 1. The molecular formula is C15H21NO3. The monoisotopic (exact) mass is 263 g/mol. The molecule has 0 fully saturated rings. The van der Waals surface area contributed by atoms with E-state index < -0.39 is 11.5 Å². The highest BCUT2D eigenvalue weighted by Gasteiger charge is 2.37. The molecule has 0 aliphatic rings. The number of nitrogens with zero attached hydrogens (tertiary/aromatic N) is 1. The first-order valence-electron chi connectivity index (χ1n) is 6.34. The Labute approximate surface area is 114 Å². The van der Waals surface area contributed by atoms with Crippen LogP contribution in [0.25, 0.3) is 0 Å². The number of carboxylic acids is 1. The van der Waals surface area contributed by atoms with Crippen LogP contribution < -0.4 is 0 Å². The molecule has 19 heavy (non-hydrogen) atoms. The highest BCUT2D eigenvalue weighted by molar-refractivity contribution is 5.97. The number of aryl methyl sites for hydroxylation is 2. The van der Waals surface area contributed by atoms with Crippen LogP contribution in [0.4, 0.5) is 0 Å². The minimum absolute atomic E-state index is 0.252. The van der Waals surface area contributed by atoms with E-state index in [1.807, 2.05) is 19.9 Å². The SMILES string of the molecule is CCN(C(=O)c1ccc(C)c(C)c1)C(C)(C)C(=O)O. The van der Waals surface area contributed by atoms with Crippen LogP contribution in [0.1, 0.15) is 42.3 Å². The number of carbonyl (C=O) groups excluding carboxylic acids is 1. The van der Waals surface area contributed by atoms with Crippen molar-refractivity contribution in [2.45, 2.75) is 40.2 Å². The molecule has 4 heteroatoms. The topological polar surface area (TPSA) is 57.6 Å². The van der Waals surface area contributed by atoms with Gasteiger partial charge in [-0.25, -0.2) is 4.79 Å². The van der Waals surface area contributed by atoms with Gasteiger partial charge in [-0.3, -0.25) is 4.79 Å². The van der Waals surface area contributed by atoms with E-state index in [9.17, 15) is 14.7 Å². The molecule has 0 bridgehead atoms. The zero-order valence-electron chi connectivity index (χ0n) is 12.2. The molecule has 1 rings (SSSR count). The molecule has 0 unspecified atom stereocenters. The zero-order valence-corrected chi connectivity index (χ0v) is 12.2. The third-order valence-electron chi connectivity index (χ3n) is 3.51. The van der Waals surface area contributed by atoms with Crippen molar-refractivity contribution >= 4 is 11.9 Å². The van der Waals surface area contributed by atoms with E-state index in [0.717, 1.165) is 11.1 Å². The van der Waals surface area contributed by atoms with Gasteiger partial charge in [-0.15, -0.1) is 0 Å².